The zero-order valence-corrected chi connectivity index (χ0v) is 31.2. The summed E-state index contributed by atoms with van der Waals surface area (Å²) in [6, 6.07) is 71.0. The summed E-state index contributed by atoms with van der Waals surface area (Å²) < 4.78 is 0. The molecule has 42 heavy (non-hydrogen) atoms. The minimum atomic E-state index is -2.17. The van der Waals surface area contributed by atoms with Crippen LogP contribution in [0.2, 0.25) is 0 Å². The fourth-order valence-electron chi connectivity index (χ4n) is 5.82. The van der Waals surface area contributed by atoms with Crippen molar-refractivity contribution in [3.05, 3.63) is 182 Å². The third-order valence-corrected chi connectivity index (χ3v) is 121. The van der Waals surface area contributed by atoms with Gasteiger partial charge in [-0.2, -0.15) is 0 Å². The molecule has 204 valence electrons. The summed E-state index contributed by atoms with van der Waals surface area (Å²) >= 11 is 1.43. The topological polar surface area (TPSA) is 0 Å². The second kappa shape index (κ2) is 12.3. The van der Waals surface area contributed by atoms with Crippen LogP contribution in [0.25, 0.3) is 0 Å². The van der Waals surface area contributed by atoms with Crippen molar-refractivity contribution in [3.8, 4) is 0 Å². The molecule has 6 aromatic rings. The molecule has 0 N–H and O–H groups in total. The molecule has 0 unspecified atom stereocenters. The first-order valence-electron chi connectivity index (χ1n) is 14.2. The first-order chi connectivity index (χ1) is 20.8. The molecular weight excluding hydrogens is 754 g/mol. The molecule has 0 aromatic heterocycles. The van der Waals surface area contributed by atoms with E-state index in [1.54, 1.807) is 31.1 Å². The van der Waals surface area contributed by atoms with Crippen LogP contribution in [0.3, 0.4) is 0 Å². The molecule has 6 heteroatoms. The SMILES string of the molecule is c1ccc([Si]2(c3ccccc3)[Se][Si](c3ccccc3)(c3ccccc3)[Se][Si](c3ccccc3)(c3ccccc3)[Se]2)cc1. The average molecular weight is 784 g/mol. The van der Waals surface area contributed by atoms with Gasteiger partial charge >= 0.3 is 270 Å². The number of rotatable bonds is 6. The van der Waals surface area contributed by atoms with Crippen molar-refractivity contribution in [3.63, 3.8) is 0 Å². The fourth-order valence-corrected chi connectivity index (χ4v) is 238. The molecule has 1 aliphatic rings. The fraction of sp³-hybridized carbons (Fsp3) is 0. The summed E-state index contributed by atoms with van der Waals surface area (Å²) in [6.07, 6.45) is 0. The van der Waals surface area contributed by atoms with Crippen molar-refractivity contribution >= 4 is 88.0 Å². The predicted octanol–water partition coefficient (Wildman–Crippen LogP) is 2.88. The molecule has 0 spiro atoms. The Labute approximate surface area is 267 Å². The Hall–Kier alpha value is -2.47. The zero-order chi connectivity index (χ0) is 28.3. The van der Waals surface area contributed by atoms with Crippen LogP contribution in [0, 0.1) is 0 Å². The van der Waals surface area contributed by atoms with Crippen molar-refractivity contribution in [2.24, 2.45) is 0 Å². The molecule has 1 aliphatic heterocycles. The van der Waals surface area contributed by atoms with Gasteiger partial charge in [0.1, 0.15) is 0 Å². The van der Waals surface area contributed by atoms with Gasteiger partial charge in [-0.3, -0.25) is 0 Å². The second-order valence-electron chi connectivity index (χ2n) is 10.4. The Morgan fingerprint density at radius 3 is 0.500 bits per heavy atom. The van der Waals surface area contributed by atoms with Gasteiger partial charge in [0.05, 0.1) is 0 Å². The van der Waals surface area contributed by atoms with E-state index in [4.69, 9.17) is 0 Å². The third kappa shape index (κ3) is 5.06. The van der Waals surface area contributed by atoms with Gasteiger partial charge in [-0.1, -0.05) is 0 Å². The van der Waals surface area contributed by atoms with E-state index in [0.29, 0.717) is 41.0 Å². The molecule has 1 heterocycles. The Balaban J connectivity index is 1.64. The van der Waals surface area contributed by atoms with Crippen LogP contribution < -0.4 is 31.1 Å². The standard InChI is InChI=1S/C36H30Se3Si3/c1-7-19-31(20-8-1)40(32-21-9-2-10-22-32)37-41(33-23-11-3-12-24-33,34-25-13-4-14-26-34)39-42(38-40,35-27-15-5-16-28-35)36-29-17-6-18-30-36/h1-30H. The summed E-state index contributed by atoms with van der Waals surface area (Å²) in [5.74, 6) is 0. The molecule has 0 aliphatic carbocycles. The number of benzene rings is 6. The minimum absolute atomic E-state index is 0.478. The maximum absolute atomic E-state index is 2.51. The van der Waals surface area contributed by atoms with Gasteiger partial charge < -0.3 is 0 Å². The van der Waals surface area contributed by atoms with E-state index >= 15 is 0 Å². The van der Waals surface area contributed by atoms with Crippen LogP contribution in [0.15, 0.2) is 182 Å². The van der Waals surface area contributed by atoms with Crippen LogP contribution in [0.1, 0.15) is 0 Å². The van der Waals surface area contributed by atoms with Crippen molar-refractivity contribution in [2.45, 2.75) is 0 Å². The summed E-state index contributed by atoms with van der Waals surface area (Å²) in [5.41, 5.74) is 0. The first kappa shape index (κ1) is 28.3. The average Bonchev–Trinajstić information content (AvgIpc) is 3.10. The molecule has 1 saturated heterocycles. The first-order valence-corrected chi connectivity index (χ1v) is 35.1. The Morgan fingerprint density at radius 2 is 0.357 bits per heavy atom. The Kier molecular flexibility index (Phi) is 8.26. The monoisotopic (exact) mass is 786 g/mol. The maximum atomic E-state index is 2.51. The van der Waals surface area contributed by atoms with Gasteiger partial charge in [0.25, 0.3) is 0 Å². The summed E-state index contributed by atoms with van der Waals surface area (Å²) in [7, 11) is 0. The molecular formula is C36H30Se3Si3. The van der Waals surface area contributed by atoms with Crippen molar-refractivity contribution < 1.29 is 0 Å². The van der Waals surface area contributed by atoms with Gasteiger partial charge in [-0.15, -0.1) is 0 Å². The van der Waals surface area contributed by atoms with E-state index in [1.165, 1.54) is 0 Å². The van der Waals surface area contributed by atoms with E-state index in [1.807, 2.05) is 0 Å². The Bertz CT molecular complexity index is 1400. The predicted molar refractivity (Wildman–Crippen MR) is 191 cm³/mol. The van der Waals surface area contributed by atoms with E-state index in [2.05, 4.69) is 182 Å². The van der Waals surface area contributed by atoms with Crippen molar-refractivity contribution in [1.82, 2.24) is 0 Å². The molecule has 0 amide bonds. The van der Waals surface area contributed by atoms with Gasteiger partial charge in [-0.25, -0.2) is 0 Å². The molecule has 0 bridgehead atoms. The molecule has 1 fully saturated rings. The summed E-state index contributed by atoms with van der Waals surface area (Å²) in [6.45, 7) is 0. The third-order valence-electron chi connectivity index (χ3n) is 7.79. The summed E-state index contributed by atoms with van der Waals surface area (Å²) in [5, 5.41) is 3.39. The van der Waals surface area contributed by atoms with Crippen LogP contribution in [0.5, 0.6) is 0 Å². The Morgan fingerprint density at radius 1 is 0.214 bits per heavy atom. The van der Waals surface area contributed by atoms with E-state index in [-0.39, 0.29) is 0 Å². The van der Waals surface area contributed by atoms with Crippen molar-refractivity contribution in [2.75, 3.05) is 0 Å². The van der Waals surface area contributed by atoms with Gasteiger partial charge in [0.15, 0.2) is 0 Å². The molecule has 0 atom stereocenters. The normalized spacial score (nSPS) is 16.9. The molecule has 0 radical (unpaired) electrons. The van der Waals surface area contributed by atoms with Crippen molar-refractivity contribution in [1.29, 1.82) is 0 Å². The molecule has 0 nitrogen and oxygen atoms in total. The van der Waals surface area contributed by atoms with E-state index in [0.717, 1.165) is 0 Å². The van der Waals surface area contributed by atoms with Gasteiger partial charge in [0.2, 0.25) is 0 Å². The van der Waals surface area contributed by atoms with Crippen LogP contribution >= 0.6 is 0 Å². The van der Waals surface area contributed by atoms with Crippen LogP contribution in [-0.2, 0) is 0 Å². The van der Waals surface area contributed by atoms with Crippen LogP contribution in [-0.4, -0.2) is 56.9 Å². The second-order valence-corrected chi connectivity index (χ2v) is 66.4. The number of hydrogen-bond donors (Lipinski definition) is 0. The van der Waals surface area contributed by atoms with Crippen LogP contribution in [0.4, 0.5) is 0 Å². The molecule has 7 rings (SSSR count). The van der Waals surface area contributed by atoms with E-state index in [9.17, 15) is 0 Å². The zero-order valence-electron chi connectivity index (χ0n) is 23.0. The molecule has 6 aromatic carbocycles. The quantitative estimate of drug-likeness (QED) is 0.229. The van der Waals surface area contributed by atoms with Gasteiger partial charge in [-0.05, 0) is 0 Å². The summed E-state index contributed by atoms with van der Waals surface area (Å²) in [4.78, 5) is 0. The van der Waals surface area contributed by atoms with E-state index < -0.39 is 15.9 Å². The molecule has 0 saturated carbocycles. The number of hydrogen-bond acceptors (Lipinski definition) is 0. The van der Waals surface area contributed by atoms with Gasteiger partial charge in [0, 0.05) is 0 Å².